The van der Waals surface area contributed by atoms with Crippen molar-refractivity contribution >= 4 is 50.3 Å². The standard InChI is InChI=1S/C47H66F2N6O9S/c1-8-10-11-12-13-14-15-32-26-47(32,46(59)54-65(60,61)34-18-19-34)53-45(58)37-24-33(64-39-25-41(63-29(3)4)52-43-30(5)38(62-7)22-20-35(39)43)28-55(37)42(56)27-51-44(57)36(50-6)21-16-31(9-2)17-23-40(48)49/h14-16,20-22,25,29,31-34,37,40H,8-13,17-19,23-24,26-28H2,1-7H3,(H,51,57)(H,53,58)(H,54,59). The number of unbranched alkanes of at least 4 members (excludes halogenated alkanes) is 4. The number of halogens is 2. The number of amides is 4. The van der Waals surface area contributed by atoms with Gasteiger partial charge >= 0.3 is 0 Å². The van der Waals surface area contributed by atoms with Gasteiger partial charge in [0.1, 0.15) is 34.9 Å². The number of hydrogen-bond acceptors (Lipinski definition) is 11. The molecule has 65 heavy (non-hydrogen) atoms. The average Bonchev–Trinajstić information content (AvgIpc) is 4.19. The minimum Gasteiger partial charge on any atom is -0.496 e. The molecule has 3 fully saturated rings. The molecule has 1 aromatic carbocycles. The lowest BCUT2D eigenvalue weighted by molar-refractivity contribution is -0.139. The van der Waals surface area contributed by atoms with Crippen LogP contribution < -0.4 is 29.6 Å². The third kappa shape index (κ3) is 13.5. The molecule has 5 atom stereocenters. The molecule has 15 nitrogen and oxygen atoms in total. The third-order valence-corrected chi connectivity index (χ3v) is 13.9. The molecule has 3 N–H and O–H groups in total. The summed E-state index contributed by atoms with van der Waals surface area (Å²) in [6, 6.07) is 4.03. The van der Waals surface area contributed by atoms with Gasteiger partial charge in [0.05, 0.1) is 37.1 Å². The van der Waals surface area contributed by atoms with E-state index in [1.165, 1.54) is 18.0 Å². The summed E-state index contributed by atoms with van der Waals surface area (Å²) < 4.78 is 72.1. The van der Waals surface area contributed by atoms with Gasteiger partial charge in [0, 0.05) is 42.8 Å². The van der Waals surface area contributed by atoms with Crippen molar-refractivity contribution in [3.63, 3.8) is 0 Å². The molecule has 0 bridgehead atoms. The summed E-state index contributed by atoms with van der Waals surface area (Å²) in [6.07, 6.45) is 9.92. The van der Waals surface area contributed by atoms with Crippen molar-refractivity contribution in [2.24, 2.45) is 16.8 Å². The van der Waals surface area contributed by atoms with Gasteiger partial charge in [-0.1, -0.05) is 51.3 Å². The minimum absolute atomic E-state index is 0.0200. The predicted octanol–water partition coefficient (Wildman–Crippen LogP) is 6.51. The summed E-state index contributed by atoms with van der Waals surface area (Å²) in [5.41, 5.74) is -0.292. The van der Waals surface area contributed by atoms with E-state index in [-0.39, 0.29) is 55.8 Å². The Kier molecular flexibility index (Phi) is 17.9. The van der Waals surface area contributed by atoms with E-state index < -0.39 is 75.5 Å². The summed E-state index contributed by atoms with van der Waals surface area (Å²) >= 11 is 0. The molecule has 2 aliphatic carbocycles. The Morgan fingerprint density at radius 3 is 2.48 bits per heavy atom. The zero-order valence-electron chi connectivity index (χ0n) is 38.7. The Bertz CT molecular complexity index is 2230. The topological polar surface area (TPSA) is 195 Å². The quantitative estimate of drug-likeness (QED) is 0.0561. The molecule has 0 radical (unpaired) electrons. The lowest BCUT2D eigenvalue weighted by atomic mass is 9.99. The number of likely N-dealkylation sites (tertiary alicyclic amines) is 1. The summed E-state index contributed by atoms with van der Waals surface area (Å²) in [5.74, 6) is -2.27. The van der Waals surface area contributed by atoms with E-state index in [1.54, 1.807) is 31.4 Å². The van der Waals surface area contributed by atoms with Crippen LogP contribution in [0.5, 0.6) is 17.4 Å². The van der Waals surface area contributed by atoms with Gasteiger partial charge in [-0.3, -0.25) is 28.9 Å². The van der Waals surface area contributed by atoms with Crippen molar-refractivity contribution in [1.29, 1.82) is 0 Å². The SMILES string of the molecule is CCCCCCC=CC1CC1(NC(=O)C1CC(Oc2cc(OC(C)C)nc3c(C)c(OC)ccc23)CN1C(=O)CNC(=O)C(C=CC(CC)CCC(F)F)=NC)C(=O)NS(=O)(=O)C1CC1. The first-order valence-electron chi connectivity index (χ1n) is 22.8. The number of hydrogen-bond donors (Lipinski definition) is 3. The van der Waals surface area contributed by atoms with Gasteiger partial charge in [0.15, 0.2) is 0 Å². The lowest BCUT2D eigenvalue weighted by Gasteiger charge is -2.26. The highest BCUT2D eigenvalue weighted by atomic mass is 32.2. The fourth-order valence-electron chi connectivity index (χ4n) is 8.08. The van der Waals surface area contributed by atoms with Crippen LogP contribution in [0, 0.1) is 18.8 Å². The van der Waals surface area contributed by atoms with E-state index in [9.17, 15) is 36.4 Å². The number of methoxy groups -OCH3 is 1. The van der Waals surface area contributed by atoms with Crippen molar-refractivity contribution in [1.82, 2.24) is 25.2 Å². The molecule has 2 aromatic rings. The number of nitrogens with one attached hydrogen (secondary N) is 3. The second-order valence-electron chi connectivity index (χ2n) is 17.5. The van der Waals surface area contributed by atoms with Crippen molar-refractivity contribution in [3.8, 4) is 17.4 Å². The molecular formula is C47H66F2N6O9S. The molecule has 0 spiro atoms. The molecule has 18 heteroatoms. The van der Waals surface area contributed by atoms with Crippen LogP contribution in [-0.4, -0.2) is 110 Å². The molecule has 2 saturated carbocycles. The van der Waals surface area contributed by atoms with Gasteiger partial charge < -0.3 is 29.7 Å². The Morgan fingerprint density at radius 1 is 1.08 bits per heavy atom. The molecule has 2 heterocycles. The smallest absolute Gasteiger partial charge is 0.269 e. The summed E-state index contributed by atoms with van der Waals surface area (Å²) in [7, 11) is -1.00. The van der Waals surface area contributed by atoms with Crippen molar-refractivity contribution in [2.45, 2.75) is 147 Å². The Labute approximate surface area is 381 Å². The lowest BCUT2D eigenvalue weighted by Crippen LogP contribution is -2.57. The number of pyridine rings is 1. The Balaban J connectivity index is 1.42. The number of fused-ring (bicyclic) bond motifs is 1. The van der Waals surface area contributed by atoms with E-state index in [0.29, 0.717) is 41.7 Å². The molecular weight excluding hydrogens is 863 g/mol. The van der Waals surface area contributed by atoms with Gasteiger partial charge in [0.2, 0.25) is 34.1 Å². The highest BCUT2D eigenvalue weighted by molar-refractivity contribution is 7.91. The summed E-state index contributed by atoms with van der Waals surface area (Å²) in [4.78, 5) is 66.0. The molecule has 5 rings (SSSR count). The molecule has 358 valence electrons. The molecule has 1 saturated heterocycles. The van der Waals surface area contributed by atoms with Gasteiger partial charge in [-0.15, -0.1) is 0 Å². The van der Waals surface area contributed by atoms with Gasteiger partial charge in [-0.05, 0) is 89.8 Å². The normalized spacial score (nSPS) is 21.6. The number of aryl methyl sites for hydroxylation is 1. The summed E-state index contributed by atoms with van der Waals surface area (Å²) in [6.45, 7) is 8.92. The van der Waals surface area contributed by atoms with Crippen molar-refractivity contribution in [3.05, 3.63) is 48.1 Å². The van der Waals surface area contributed by atoms with Crippen LogP contribution in [-0.2, 0) is 29.2 Å². The number of allylic oxidation sites excluding steroid dienone is 2. The number of benzene rings is 1. The maximum absolute atomic E-state index is 14.6. The zero-order valence-corrected chi connectivity index (χ0v) is 39.5. The number of aliphatic imine (C=N–C) groups is 1. The third-order valence-electron chi connectivity index (χ3n) is 12.1. The first kappa shape index (κ1) is 50.9. The average molecular weight is 929 g/mol. The number of nitrogens with zero attached hydrogens (tertiary/aromatic N) is 3. The minimum atomic E-state index is -3.96. The number of carbonyl (C=O) groups excluding carboxylic acids is 4. The van der Waals surface area contributed by atoms with Crippen LogP contribution in [0.4, 0.5) is 8.78 Å². The van der Waals surface area contributed by atoms with Crippen molar-refractivity contribution < 1.29 is 50.6 Å². The van der Waals surface area contributed by atoms with Gasteiger partial charge in [-0.25, -0.2) is 22.2 Å². The number of alkyl halides is 2. The second kappa shape index (κ2) is 22.9. The van der Waals surface area contributed by atoms with E-state index in [1.807, 2.05) is 39.8 Å². The maximum Gasteiger partial charge on any atom is 0.269 e. The van der Waals surface area contributed by atoms with Crippen molar-refractivity contribution in [2.75, 3.05) is 27.2 Å². The fraction of sp³-hybridized carbons (Fsp3) is 0.617. The van der Waals surface area contributed by atoms with Gasteiger partial charge in [-0.2, -0.15) is 0 Å². The predicted molar refractivity (Wildman–Crippen MR) is 245 cm³/mol. The molecule has 1 aromatic heterocycles. The monoisotopic (exact) mass is 928 g/mol. The Morgan fingerprint density at radius 2 is 1.83 bits per heavy atom. The second-order valence-corrected chi connectivity index (χ2v) is 19.4. The number of ether oxygens (including phenoxy) is 3. The van der Waals surface area contributed by atoms with E-state index in [0.717, 1.165) is 37.7 Å². The van der Waals surface area contributed by atoms with Crippen LogP contribution in [0.2, 0.25) is 0 Å². The first-order chi connectivity index (χ1) is 31.0. The van der Waals surface area contributed by atoms with Crippen LogP contribution in [0.25, 0.3) is 10.9 Å². The van der Waals surface area contributed by atoms with Gasteiger partial charge in [0.25, 0.3) is 11.8 Å². The number of aromatic nitrogens is 1. The first-order valence-corrected chi connectivity index (χ1v) is 24.4. The zero-order chi connectivity index (χ0) is 47.5. The largest absolute Gasteiger partial charge is 0.496 e. The van der Waals surface area contributed by atoms with E-state index in [4.69, 9.17) is 19.2 Å². The van der Waals surface area contributed by atoms with Crippen LogP contribution in [0.1, 0.15) is 110 Å². The number of carbonyl (C=O) groups is 4. The fourth-order valence-corrected chi connectivity index (χ4v) is 9.45. The summed E-state index contributed by atoms with van der Waals surface area (Å²) in [5, 5.41) is 5.41. The number of rotatable bonds is 25. The molecule has 3 aliphatic rings. The van der Waals surface area contributed by atoms with Crippen LogP contribution >= 0.6 is 0 Å². The highest BCUT2D eigenvalue weighted by Gasteiger charge is 2.62. The van der Waals surface area contributed by atoms with Crippen LogP contribution in [0.15, 0.2) is 47.5 Å². The highest BCUT2D eigenvalue weighted by Crippen LogP contribution is 2.46. The Hall–Kier alpha value is -5.13. The van der Waals surface area contributed by atoms with E-state index in [2.05, 4.69) is 27.3 Å². The molecule has 1 aliphatic heterocycles. The van der Waals surface area contributed by atoms with Crippen LogP contribution in [0.3, 0.4) is 0 Å². The van der Waals surface area contributed by atoms with E-state index >= 15 is 0 Å². The molecule has 4 amide bonds. The maximum atomic E-state index is 14.6. The number of sulfonamides is 1. The molecule has 5 unspecified atom stereocenters.